The van der Waals surface area contributed by atoms with Crippen LogP contribution >= 0.6 is 0 Å². The fourth-order valence-electron chi connectivity index (χ4n) is 5.40. The van der Waals surface area contributed by atoms with Gasteiger partial charge < -0.3 is 0 Å². The van der Waals surface area contributed by atoms with Gasteiger partial charge in [-0.3, -0.25) is 4.98 Å². The highest BCUT2D eigenvalue weighted by Gasteiger charge is 2.16. The van der Waals surface area contributed by atoms with Crippen LogP contribution in [0.1, 0.15) is 76.2 Å². The first-order valence-electron chi connectivity index (χ1n) is 13.8. The van der Waals surface area contributed by atoms with Gasteiger partial charge in [0, 0.05) is 39.7 Å². The number of hydrogen-bond acceptors (Lipinski definition) is 5. The number of fused-ring (bicyclic) bond motifs is 3. The lowest BCUT2D eigenvalue weighted by atomic mass is 9.94. The predicted octanol–water partition coefficient (Wildman–Crippen LogP) is 8.83. The van der Waals surface area contributed by atoms with Gasteiger partial charge in [0.2, 0.25) is 0 Å². The summed E-state index contributed by atoms with van der Waals surface area (Å²) in [5.74, 6) is 1.67. The summed E-state index contributed by atoms with van der Waals surface area (Å²) in [5, 5.41) is 4.55. The largest absolute Gasteiger partial charge is 0.260 e. The summed E-state index contributed by atoms with van der Waals surface area (Å²) >= 11 is 0. The fourth-order valence-corrected chi connectivity index (χ4v) is 5.40. The van der Waals surface area contributed by atoms with Crippen LogP contribution in [0, 0.1) is 0 Å². The molecule has 5 heteroatoms. The van der Waals surface area contributed by atoms with Crippen molar-refractivity contribution in [3.05, 3.63) is 90.0 Å². The quantitative estimate of drug-likeness (QED) is 0.231. The third kappa shape index (κ3) is 4.52. The molecule has 4 heterocycles. The highest BCUT2D eigenvalue weighted by atomic mass is 14.9. The molecule has 6 rings (SSSR count). The molecule has 194 valence electrons. The lowest BCUT2D eigenvalue weighted by Gasteiger charge is -2.15. The molecule has 0 amide bonds. The summed E-state index contributed by atoms with van der Waals surface area (Å²) in [6.45, 7) is 13.2. The Morgan fingerprint density at radius 2 is 1.33 bits per heavy atom. The van der Waals surface area contributed by atoms with E-state index in [2.05, 4.69) is 100 Å². The number of benzene rings is 2. The van der Waals surface area contributed by atoms with Gasteiger partial charge in [-0.05, 0) is 65.1 Å². The number of nitrogens with zero attached hydrogens (tertiary/aromatic N) is 5. The van der Waals surface area contributed by atoms with Crippen LogP contribution in [-0.2, 0) is 0 Å². The molecule has 0 bridgehead atoms. The van der Waals surface area contributed by atoms with Crippen LogP contribution in [0.25, 0.3) is 55.4 Å². The molecule has 0 fully saturated rings. The van der Waals surface area contributed by atoms with Crippen molar-refractivity contribution in [2.24, 2.45) is 0 Å². The van der Waals surface area contributed by atoms with Crippen molar-refractivity contribution in [2.75, 3.05) is 0 Å². The zero-order chi connectivity index (χ0) is 27.3. The van der Waals surface area contributed by atoms with Crippen molar-refractivity contribution < 1.29 is 0 Å². The summed E-state index contributed by atoms with van der Waals surface area (Å²) in [7, 11) is 0. The highest BCUT2D eigenvalue weighted by Crippen LogP contribution is 2.34. The van der Waals surface area contributed by atoms with Crippen molar-refractivity contribution in [1.82, 2.24) is 24.9 Å². The van der Waals surface area contributed by atoms with E-state index in [1.807, 2.05) is 18.3 Å². The number of aromatic nitrogens is 5. The van der Waals surface area contributed by atoms with Gasteiger partial charge in [0.05, 0.1) is 22.6 Å². The van der Waals surface area contributed by atoms with Crippen molar-refractivity contribution in [3.63, 3.8) is 0 Å². The summed E-state index contributed by atoms with van der Waals surface area (Å²) in [5.41, 5.74) is 8.11. The Balaban J connectivity index is 1.53. The van der Waals surface area contributed by atoms with Crippen LogP contribution in [0.5, 0.6) is 0 Å². The number of pyridine rings is 3. The minimum atomic E-state index is 0.260. The standard InChI is InChI=1S/C34H33N5/c1-19(2)28-18-29(23-9-11-25-22(16-23)13-15-35-31(25)20(3)4)37-30-17-24(10-12-26(28)30)33-38-32(21(5)6)27-8-7-14-36-34(27)39-33/h7-21H,1-6H3. The summed E-state index contributed by atoms with van der Waals surface area (Å²) in [4.78, 5) is 24.2. The van der Waals surface area contributed by atoms with E-state index in [9.17, 15) is 0 Å². The molecule has 0 saturated heterocycles. The zero-order valence-electron chi connectivity index (χ0n) is 23.4. The van der Waals surface area contributed by atoms with E-state index in [0.29, 0.717) is 17.7 Å². The van der Waals surface area contributed by atoms with Crippen LogP contribution in [0.3, 0.4) is 0 Å². The molecule has 0 radical (unpaired) electrons. The summed E-state index contributed by atoms with van der Waals surface area (Å²) in [6, 6.07) is 21.3. The van der Waals surface area contributed by atoms with E-state index in [0.717, 1.165) is 50.1 Å². The Kier molecular flexibility index (Phi) is 6.30. The Labute approximate surface area is 229 Å². The number of rotatable bonds is 5. The predicted molar refractivity (Wildman–Crippen MR) is 161 cm³/mol. The average Bonchev–Trinajstić information content (AvgIpc) is 2.94. The molecule has 2 aromatic carbocycles. The van der Waals surface area contributed by atoms with Gasteiger partial charge in [-0.25, -0.2) is 19.9 Å². The second kappa shape index (κ2) is 9.81. The first-order valence-corrected chi connectivity index (χ1v) is 13.8. The summed E-state index contributed by atoms with van der Waals surface area (Å²) in [6.07, 6.45) is 3.70. The van der Waals surface area contributed by atoms with E-state index in [-0.39, 0.29) is 5.92 Å². The molecule has 0 spiro atoms. The summed E-state index contributed by atoms with van der Waals surface area (Å²) < 4.78 is 0. The van der Waals surface area contributed by atoms with E-state index in [1.54, 1.807) is 6.20 Å². The molecule has 6 aromatic rings. The maximum absolute atomic E-state index is 5.17. The molecular weight excluding hydrogens is 478 g/mol. The Morgan fingerprint density at radius 3 is 2.10 bits per heavy atom. The third-order valence-corrected chi connectivity index (χ3v) is 7.41. The molecule has 5 nitrogen and oxygen atoms in total. The van der Waals surface area contributed by atoms with Crippen molar-refractivity contribution in [1.29, 1.82) is 0 Å². The van der Waals surface area contributed by atoms with Gasteiger partial charge in [-0.15, -0.1) is 0 Å². The smallest absolute Gasteiger partial charge is 0.163 e. The van der Waals surface area contributed by atoms with Crippen LogP contribution in [0.15, 0.2) is 73.1 Å². The maximum atomic E-state index is 5.17. The van der Waals surface area contributed by atoms with E-state index in [4.69, 9.17) is 15.0 Å². The van der Waals surface area contributed by atoms with E-state index < -0.39 is 0 Å². The van der Waals surface area contributed by atoms with Crippen LogP contribution < -0.4 is 0 Å². The SMILES string of the molecule is CC(C)c1nccc2cc(-c3cc(C(C)C)c4ccc(-c5nc(C(C)C)c6cccnc6n5)cc4n3)ccc12. The average molecular weight is 512 g/mol. The van der Waals surface area contributed by atoms with Gasteiger partial charge in [0.15, 0.2) is 11.5 Å². The van der Waals surface area contributed by atoms with Gasteiger partial charge >= 0.3 is 0 Å². The van der Waals surface area contributed by atoms with Crippen LogP contribution in [0.4, 0.5) is 0 Å². The molecule has 0 aliphatic heterocycles. The molecule has 0 aliphatic rings. The minimum absolute atomic E-state index is 0.260. The van der Waals surface area contributed by atoms with Crippen molar-refractivity contribution >= 4 is 32.7 Å². The van der Waals surface area contributed by atoms with Gasteiger partial charge in [0.25, 0.3) is 0 Å². The molecule has 0 atom stereocenters. The lowest BCUT2D eigenvalue weighted by Crippen LogP contribution is -2.01. The molecular formula is C34H33N5. The molecule has 39 heavy (non-hydrogen) atoms. The zero-order valence-corrected chi connectivity index (χ0v) is 23.4. The van der Waals surface area contributed by atoms with E-state index in [1.165, 1.54) is 16.3 Å². The topological polar surface area (TPSA) is 64.5 Å². The third-order valence-electron chi connectivity index (χ3n) is 7.41. The van der Waals surface area contributed by atoms with E-state index >= 15 is 0 Å². The molecule has 0 unspecified atom stereocenters. The molecule has 0 N–H and O–H groups in total. The first-order chi connectivity index (χ1) is 18.8. The minimum Gasteiger partial charge on any atom is -0.260 e. The molecule has 0 saturated carbocycles. The normalized spacial score (nSPS) is 12.0. The first kappa shape index (κ1) is 25.1. The van der Waals surface area contributed by atoms with Crippen molar-refractivity contribution in [2.45, 2.75) is 59.3 Å². The van der Waals surface area contributed by atoms with Gasteiger partial charge in [-0.1, -0.05) is 65.8 Å². The monoisotopic (exact) mass is 511 g/mol. The Bertz CT molecular complexity index is 1850. The maximum Gasteiger partial charge on any atom is 0.163 e. The van der Waals surface area contributed by atoms with Crippen LogP contribution in [-0.4, -0.2) is 24.9 Å². The Hall–Kier alpha value is -4.25. The van der Waals surface area contributed by atoms with Crippen molar-refractivity contribution in [3.8, 4) is 22.6 Å². The lowest BCUT2D eigenvalue weighted by molar-refractivity contribution is 0.829. The molecule has 4 aromatic heterocycles. The fraction of sp³-hybridized carbons (Fsp3) is 0.265. The highest BCUT2D eigenvalue weighted by molar-refractivity contribution is 5.92. The second-order valence-corrected chi connectivity index (χ2v) is 11.2. The second-order valence-electron chi connectivity index (χ2n) is 11.2. The van der Waals surface area contributed by atoms with Crippen LogP contribution in [0.2, 0.25) is 0 Å². The van der Waals surface area contributed by atoms with Gasteiger partial charge in [0.1, 0.15) is 0 Å². The molecule has 0 aliphatic carbocycles. The Morgan fingerprint density at radius 1 is 0.564 bits per heavy atom. The van der Waals surface area contributed by atoms with Gasteiger partial charge in [-0.2, -0.15) is 0 Å². The number of hydrogen-bond donors (Lipinski definition) is 0.